The van der Waals surface area contributed by atoms with E-state index < -0.39 is 17.6 Å². The molecule has 0 saturated carbocycles. The minimum Gasteiger partial charge on any atom is -0.369 e. The van der Waals surface area contributed by atoms with Gasteiger partial charge in [-0.15, -0.1) is 0 Å². The number of benzene rings is 2. The highest BCUT2D eigenvalue weighted by molar-refractivity contribution is 5.77. The number of carbonyl (C=O) groups is 1. The quantitative estimate of drug-likeness (QED) is 0.391. The molecule has 7 nitrogen and oxygen atoms in total. The number of nitrogens with two attached hydrogens (primary N) is 1. The van der Waals surface area contributed by atoms with Crippen molar-refractivity contribution in [2.24, 2.45) is 5.73 Å². The molecule has 184 valence electrons. The zero-order valence-electron chi connectivity index (χ0n) is 19.0. The predicted octanol–water partition coefficient (Wildman–Crippen LogP) is 3.29. The van der Waals surface area contributed by atoms with Crippen LogP contribution in [0.4, 0.5) is 24.8 Å². The lowest BCUT2D eigenvalue weighted by Crippen LogP contribution is -2.42. The molecule has 4 rings (SSSR count). The molecule has 1 saturated heterocycles. The Hall–Kier alpha value is -3.50. The SMILES string of the molecule is NC(=O)Cc1ccccc1CCc1nc(Nc2ccc(C3CNCCN3)cc2)ncc1C(F)(F)F. The molecule has 0 radical (unpaired) electrons. The zero-order valence-corrected chi connectivity index (χ0v) is 19.0. The molecule has 1 atom stereocenters. The Bertz CT molecular complexity index is 1160. The van der Waals surface area contributed by atoms with Crippen LogP contribution in [0.3, 0.4) is 0 Å². The van der Waals surface area contributed by atoms with Gasteiger partial charge in [0.15, 0.2) is 0 Å². The van der Waals surface area contributed by atoms with Crippen molar-refractivity contribution >= 4 is 17.5 Å². The number of primary amides is 1. The lowest BCUT2D eigenvalue weighted by molar-refractivity contribution is -0.138. The topological polar surface area (TPSA) is 105 Å². The number of halogens is 3. The molecule has 5 N–H and O–H groups in total. The van der Waals surface area contributed by atoms with Crippen LogP contribution >= 0.6 is 0 Å². The fourth-order valence-electron chi connectivity index (χ4n) is 4.14. The molecular weight excluding hydrogens is 457 g/mol. The van der Waals surface area contributed by atoms with Crippen LogP contribution in [-0.4, -0.2) is 35.5 Å². The third-order valence-corrected chi connectivity index (χ3v) is 5.90. The summed E-state index contributed by atoms with van der Waals surface area (Å²) in [5.41, 5.74) is 7.57. The maximum absolute atomic E-state index is 13.6. The maximum atomic E-state index is 13.6. The zero-order chi connectivity index (χ0) is 24.8. The van der Waals surface area contributed by atoms with Crippen molar-refractivity contribution < 1.29 is 18.0 Å². The van der Waals surface area contributed by atoms with E-state index in [9.17, 15) is 18.0 Å². The highest BCUT2D eigenvalue weighted by Crippen LogP contribution is 2.32. The number of aromatic nitrogens is 2. The van der Waals surface area contributed by atoms with Crippen molar-refractivity contribution in [1.29, 1.82) is 0 Å². The predicted molar refractivity (Wildman–Crippen MR) is 127 cm³/mol. The summed E-state index contributed by atoms with van der Waals surface area (Å²) >= 11 is 0. The van der Waals surface area contributed by atoms with Crippen molar-refractivity contribution in [3.8, 4) is 0 Å². The highest BCUT2D eigenvalue weighted by Gasteiger charge is 2.35. The Balaban J connectivity index is 1.52. The van der Waals surface area contributed by atoms with E-state index in [2.05, 4.69) is 25.9 Å². The first-order chi connectivity index (χ1) is 16.8. The van der Waals surface area contributed by atoms with Gasteiger partial charge in [0.25, 0.3) is 0 Å². The Morgan fingerprint density at radius 1 is 1.06 bits per heavy atom. The molecule has 0 spiro atoms. The number of rotatable bonds is 8. The van der Waals surface area contributed by atoms with Gasteiger partial charge in [0.2, 0.25) is 11.9 Å². The van der Waals surface area contributed by atoms with Crippen LogP contribution in [0.5, 0.6) is 0 Å². The summed E-state index contributed by atoms with van der Waals surface area (Å²) in [5, 5.41) is 9.77. The Morgan fingerprint density at radius 3 is 2.46 bits per heavy atom. The summed E-state index contributed by atoms with van der Waals surface area (Å²) in [6, 6.07) is 14.9. The number of aryl methyl sites for hydroxylation is 2. The molecule has 10 heteroatoms. The number of nitrogens with zero attached hydrogens (tertiary/aromatic N) is 2. The van der Waals surface area contributed by atoms with E-state index in [1.807, 2.05) is 24.3 Å². The van der Waals surface area contributed by atoms with Gasteiger partial charge < -0.3 is 21.7 Å². The van der Waals surface area contributed by atoms with Gasteiger partial charge in [0.1, 0.15) is 0 Å². The molecule has 1 aliphatic rings. The maximum Gasteiger partial charge on any atom is 0.419 e. The van der Waals surface area contributed by atoms with Crippen LogP contribution in [0.15, 0.2) is 54.7 Å². The number of alkyl halides is 3. The van der Waals surface area contributed by atoms with Gasteiger partial charge in [-0.3, -0.25) is 4.79 Å². The number of piperazine rings is 1. The monoisotopic (exact) mass is 484 g/mol. The van der Waals surface area contributed by atoms with E-state index in [1.165, 1.54) is 0 Å². The number of nitrogens with one attached hydrogen (secondary N) is 3. The molecule has 3 aromatic rings. The molecule has 0 bridgehead atoms. The van der Waals surface area contributed by atoms with Crippen LogP contribution in [0.2, 0.25) is 0 Å². The lowest BCUT2D eigenvalue weighted by atomic mass is 9.98. The summed E-state index contributed by atoms with van der Waals surface area (Å²) < 4.78 is 40.9. The summed E-state index contributed by atoms with van der Waals surface area (Å²) in [6.45, 7) is 2.65. The number of anilines is 2. The van der Waals surface area contributed by atoms with Gasteiger partial charge in [0.05, 0.1) is 17.7 Å². The van der Waals surface area contributed by atoms with Crippen LogP contribution in [0.1, 0.15) is 34.0 Å². The first kappa shape index (κ1) is 24.6. The molecule has 1 amide bonds. The second-order valence-corrected chi connectivity index (χ2v) is 8.42. The molecular formula is C25H27F3N6O. The van der Waals surface area contributed by atoms with E-state index >= 15 is 0 Å². The third-order valence-electron chi connectivity index (χ3n) is 5.90. The van der Waals surface area contributed by atoms with Gasteiger partial charge in [-0.05, 0) is 41.7 Å². The van der Waals surface area contributed by atoms with Crippen molar-refractivity contribution in [2.75, 3.05) is 25.0 Å². The fraction of sp³-hybridized carbons (Fsp3) is 0.320. The van der Waals surface area contributed by atoms with Crippen LogP contribution in [-0.2, 0) is 30.2 Å². The van der Waals surface area contributed by atoms with Crippen LogP contribution in [0, 0.1) is 0 Å². The average molecular weight is 485 g/mol. The molecule has 2 heterocycles. The van der Waals surface area contributed by atoms with E-state index in [4.69, 9.17) is 5.73 Å². The van der Waals surface area contributed by atoms with Crippen molar-refractivity contribution in [1.82, 2.24) is 20.6 Å². The van der Waals surface area contributed by atoms with Gasteiger partial charge in [-0.2, -0.15) is 13.2 Å². The molecule has 2 aromatic carbocycles. The molecule has 1 fully saturated rings. The standard InChI is InChI=1S/C25H27F3N6O/c26-25(27,28)20-14-32-24(33-19-8-5-17(6-9-19)22-15-30-11-12-31-22)34-21(20)10-7-16-3-1-2-4-18(16)13-23(29)35/h1-6,8-9,14,22,30-31H,7,10-13,15H2,(H2,29,35)(H,32,33,34). The van der Waals surface area contributed by atoms with E-state index in [0.717, 1.165) is 37.0 Å². The Kier molecular flexibility index (Phi) is 7.62. The second kappa shape index (κ2) is 10.8. The van der Waals surface area contributed by atoms with Crippen molar-refractivity contribution in [3.63, 3.8) is 0 Å². The van der Waals surface area contributed by atoms with Crippen molar-refractivity contribution in [3.05, 3.63) is 82.7 Å². The first-order valence-corrected chi connectivity index (χ1v) is 11.4. The normalized spacial score (nSPS) is 16.1. The molecule has 35 heavy (non-hydrogen) atoms. The molecule has 1 aliphatic heterocycles. The summed E-state index contributed by atoms with van der Waals surface area (Å²) in [6.07, 6.45) is -3.43. The van der Waals surface area contributed by atoms with Gasteiger partial charge >= 0.3 is 6.18 Å². The minimum absolute atomic E-state index is 0.0289. The number of hydrogen-bond acceptors (Lipinski definition) is 6. The van der Waals surface area contributed by atoms with E-state index in [-0.39, 0.29) is 36.9 Å². The number of amides is 1. The van der Waals surface area contributed by atoms with E-state index in [0.29, 0.717) is 11.3 Å². The fourth-order valence-corrected chi connectivity index (χ4v) is 4.14. The van der Waals surface area contributed by atoms with Gasteiger partial charge in [-0.25, -0.2) is 9.97 Å². The lowest BCUT2D eigenvalue weighted by Gasteiger charge is -2.25. The third kappa shape index (κ3) is 6.55. The number of hydrogen-bond donors (Lipinski definition) is 4. The Labute approximate surface area is 201 Å². The number of carbonyl (C=O) groups excluding carboxylic acids is 1. The largest absolute Gasteiger partial charge is 0.419 e. The molecule has 1 unspecified atom stereocenters. The van der Waals surface area contributed by atoms with Crippen molar-refractivity contribution in [2.45, 2.75) is 31.5 Å². The van der Waals surface area contributed by atoms with Gasteiger partial charge in [-0.1, -0.05) is 36.4 Å². The smallest absolute Gasteiger partial charge is 0.369 e. The second-order valence-electron chi connectivity index (χ2n) is 8.42. The van der Waals surface area contributed by atoms with Crippen LogP contribution in [0.25, 0.3) is 0 Å². The highest BCUT2D eigenvalue weighted by atomic mass is 19.4. The molecule has 0 aliphatic carbocycles. The first-order valence-electron chi connectivity index (χ1n) is 11.4. The summed E-state index contributed by atoms with van der Waals surface area (Å²) in [4.78, 5) is 19.4. The Morgan fingerprint density at radius 2 is 1.80 bits per heavy atom. The van der Waals surface area contributed by atoms with Crippen LogP contribution < -0.4 is 21.7 Å². The average Bonchev–Trinajstić information content (AvgIpc) is 2.83. The summed E-state index contributed by atoms with van der Waals surface area (Å²) in [5.74, 6) is -0.410. The molecule has 1 aromatic heterocycles. The minimum atomic E-state index is -4.58. The van der Waals surface area contributed by atoms with E-state index in [1.54, 1.807) is 24.3 Å². The summed E-state index contributed by atoms with van der Waals surface area (Å²) in [7, 11) is 0. The van der Waals surface area contributed by atoms with Gasteiger partial charge in [0, 0.05) is 37.6 Å².